The van der Waals surface area contributed by atoms with Crippen LogP contribution in [0.3, 0.4) is 0 Å². The zero-order valence-corrected chi connectivity index (χ0v) is 20.3. The Morgan fingerprint density at radius 1 is 1.14 bits per heavy atom. The third-order valence-electron chi connectivity index (χ3n) is 6.87. The number of carbonyl (C=O) groups excluding carboxylic acids is 2. The highest BCUT2D eigenvalue weighted by Gasteiger charge is 2.45. The first kappa shape index (κ1) is 23.6. The summed E-state index contributed by atoms with van der Waals surface area (Å²) in [5, 5.41) is 3.58. The second-order valence-electron chi connectivity index (χ2n) is 9.25. The van der Waals surface area contributed by atoms with Crippen molar-refractivity contribution in [2.75, 3.05) is 7.11 Å². The molecule has 0 amide bonds. The largest absolute Gasteiger partial charge is 0.497 e. The van der Waals surface area contributed by atoms with Gasteiger partial charge in [-0.2, -0.15) is 0 Å². The van der Waals surface area contributed by atoms with E-state index < -0.39 is 17.8 Å². The first-order valence-corrected chi connectivity index (χ1v) is 11.9. The molecule has 36 heavy (non-hydrogen) atoms. The molecule has 184 valence electrons. The minimum Gasteiger partial charge on any atom is -0.497 e. The van der Waals surface area contributed by atoms with E-state index in [0.717, 1.165) is 11.1 Å². The molecule has 0 saturated heterocycles. The van der Waals surface area contributed by atoms with Gasteiger partial charge < -0.3 is 19.2 Å². The van der Waals surface area contributed by atoms with Gasteiger partial charge in [-0.05, 0) is 49.6 Å². The molecule has 1 aliphatic carbocycles. The van der Waals surface area contributed by atoms with Crippen LogP contribution in [-0.4, -0.2) is 18.9 Å². The molecule has 1 N–H and O–H groups in total. The number of methoxy groups -OCH3 is 1. The Labute approximate surface area is 208 Å². The van der Waals surface area contributed by atoms with E-state index in [4.69, 9.17) is 13.9 Å². The zero-order chi connectivity index (χ0) is 25.4. The molecule has 2 aliphatic rings. The molecule has 1 aromatic heterocycles. The van der Waals surface area contributed by atoms with E-state index >= 15 is 0 Å². The van der Waals surface area contributed by atoms with Gasteiger partial charge in [-0.25, -0.2) is 0 Å². The maximum absolute atomic E-state index is 13.7. The van der Waals surface area contributed by atoms with Gasteiger partial charge in [0.2, 0.25) is 0 Å². The quantitative estimate of drug-likeness (QED) is 0.525. The van der Waals surface area contributed by atoms with Gasteiger partial charge in [0.05, 0.1) is 18.8 Å². The lowest BCUT2D eigenvalue weighted by Gasteiger charge is -2.37. The molecule has 2 unspecified atom stereocenters. The average molecular weight is 486 g/mol. The summed E-state index contributed by atoms with van der Waals surface area (Å²) in [5.41, 5.74) is 3.68. The van der Waals surface area contributed by atoms with Crippen molar-refractivity contribution in [2.45, 2.75) is 38.7 Å². The molecule has 2 heterocycles. The third kappa shape index (κ3) is 4.21. The fourth-order valence-corrected chi connectivity index (χ4v) is 5.05. The number of esters is 1. The predicted molar refractivity (Wildman–Crippen MR) is 134 cm³/mol. The maximum Gasteiger partial charge on any atom is 0.316 e. The fraction of sp³-hybridized carbons (Fsp3) is 0.276. The van der Waals surface area contributed by atoms with Crippen LogP contribution in [0.5, 0.6) is 5.75 Å². The van der Waals surface area contributed by atoms with Gasteiger partial charge in [0, 0.05) is 34.9 Å². The van der Waals surface area contributed by atoms with Crippen molar-refractivity contribution in [3.63, 3.8) is 0 Å². The number of ketones is 1. The second kappa shape index (κ2) is 9.49. The van der Waals surface area contributed by atoms with Crippen molar-refractivity contribution in [1.29, 1.82) is 0 Å². The van der Waals surface area contributed by atoms with Crippen LogP contribution in [0.15, 0.2) is 81.5 Å². The number of aryl methyl sites for hydroxylation is 1. The Morgan fingerprint density at radius 3 is 2.67 bits per heavy atom. The zero-order valence-electron chi connectivity index (χ0n) is 20.3. The lowest BCUT2D eigenvalue weighted by atomic mass is 9.71. The summed E-state index contributed by atoms with van der Waals surface area (Å²) in [5.74, 6) is -1.76. The second-order valence-corrected chi connectivity index (χ2v) is 9.25. The van der Waals surface area contributed by atoms with Crippen molar-refractivity contribution >= 4 is 22.7 Å². The molecule has 0 radical (unpaired) electrons. The van der Waals surface area contributed by atoms with Crippen molar-refractivity contribution in [3.8, 4) is 5.75 Å². The van der Waals surface area contributed by atoms with Crippen LogP contribution in [0.1, 0.15) is 41.9 Å². The molecule has 7 heteroatoms. The summed E-state index contributed by atoms with van der Waals surface area (Å²) >= 11 is 0. The molecule has 1 aliphatic heterocycles. The summed E-state index contributed by atoms with van der Waals surface area (Å²) in [6, 6.07) is 12.6. The highest BCUT2D eigenvalue weighted by Crippen LogP contribution is 2.44. The van der Waals surface area contributed by atoms with Crippen molar-refractivity contribution in [1.82, 2.24) is 5.32 Å². The molecule has 0 fully saturated rings. The molecule has 7 nitrogen and oxygen atoms in total. The number of fused-ring (bicyclic) bond motifs is 1. The van der Waals surface area contributed by atoms with Gasteiger partial charge >= 0.3 is 5.97 Å². The number of allylic oxidation sites excluding steroid dienone is 2. The lowest BCUT2D eigenvalue weighted by molar-refractivity contribution is -0.149. The van der Waals surface area contributed by atoms with Gasteiger partial charge in [0.15, 0.2) is 11.2 Å². The Bertz CT molecular complexity index is 1460. The molecular weight excluding hydrogens is 458 g/mol. The van der Waals surface area contributed by atoms with E-state index in [2.05, 4.69) is 11.9 Å². The Balaban J connectivity index is 1.56. The van der Waals surface area contributed by atoms with E-state index in [1.54, 1.807) is 31.4 Å². The molecular formula is C29H27NO6. The van der Waals surface area contributed by atoms with Crippen LogP contribution in [0.2, 0.25) is 0 Å². The maximum atomic E-state index is 13.7. The number of rotatable bonds is 5. The molecule has 0 spiro atoms. The van der Waals surface area contributed by atoms with Crippen LogP contribution < -0.4 is 15.5 Å². The van der Waals surface area contributed by atoms with Gasteiger partial charge in [0.1, 0.15) is 23.9 Å². The molecule has 2 aromatic carbocycles. The topological polar surface area (TPSA) is 94.8 Å². The molecule has 0 bridgehead atoms. The van der Waals surface area contributed by atoms with Gasteiger partial charge in [-0.15, -0.1) is 0 Å². The molecule has 5 rings (SSSR count). The van der Waals surface area contributed by atoms with Crippen LogP contribution in [0.25, 0.3) is 11.0 Å². The number of hydrogen-bond donors (Lipinski definition) is 1. The SMILES string of the molecule is C=C1NC2=C(C(=O)CCC2)C(c2coc3ccc(C)cc3c2=O)C1C(=O)OCc1ccc(OC)cc1. The lowest BCUT2D eigenvalue weighted by Crippen LogP contribution is -2.42. The summed E-state index contributed by atoms with van der Waals surface area (Å²) in [7, 11) is 1.58. The third-order valence-corrected chi connectivity index (χ3v) is 6.87. The van der Waals surface area contributed by atoms with Gasteiger partial charge in [0.25, 0.3) is 0 Å². The number of hydrogen-bond acceptors (Lipinski definition) is 7. The fourth-order valence-electron chi connectivity index (χ4n) is 5.05. The number of ether oxygens (including phenoxy) is 2. The van der Waals surface area contributed by atoms with E-state index in [-0.39, 0.29) is 23.4 Å². The van der Waals surface area contributed by atoms with Gasteiger partial charge in [-0.1, -0.05) is 30.3 Å². The summed E-state index contributed by atoms with van der Waals surface area (Å²) in [6.07, 6.45) is 3.07. The van der Waals surface area contributed by atoms with Crippen molar-refractivity contribution < 1.29 is 23.5 Å². The standard InChI is InChI=1S/C29H27NO6/c1-16-7-12-24-20(13-16)28(32)21(15-35-24)26-25(17(2)30-22-5-4-6-23(31)27(22)26)29(33)36-14-18-8-10-19(34-3)11-9-18/h7-13,15,25-26,30H,2,4-6,14H2,1,3H3. The first-order chi connectivity index (χ1) is 17.4. The summed E-state index contributed by atoms with van der Waals surface area (Å²) in [4.78, 5) is 40.3. The van der Waals surface area contributed by atoms with Crippen LogP contribution >= 0.6 is 0 Å². The van der Waals surface area contributed by atoms with Crippen molar-refractivity contribution in [2.24, 2.45) is 5.92 Å². The Morgan fingerprint density at radius 2 is 1.92 bits per heavy atom. The van der Waals surface area contributed by atoms with Crippen molar-refractivity contribution in [3.05, 3.63) is 99.2 Å². The van der Waals surface area contributed by atoms with Crippen LogP contribution in [-0.2, 0) is 20.9 Å². The van der Waals surface area contributed by atoms with Crippen LogP contribution in [0.4, 0.5) is 0 Å². The monoisotopic (exact) mass is 485 g/mol. The van der Waals surface area contributed by atoms with Gasteiger partial charge in [-0.3, -0.25) is 14.4 Å². The van der Waals surface area contributed by atoms with E-state index in [9.17, 15) is 14.4 Å². The minimum absolute atomic E-state index is 0.0324. The minimum atomic E-state index is -0.964. The summed E-state index contributed by atoms with van der Waals surface area (Å²) in [6.45, 7) is 6.01. The first-order valence-electron chi connectivity index (χ1n) is 11.9. The van der Waals surface area contributed by atoms with Crippen LogP contribution in [0, 0.1) is 12.8 Å². The summed E-state index contributed by atoms with van der Waals surface area (Å²) < 4.78 is 16.7. The van der Waals surface area contributed by atoms with E-state index in [1.165, 1.54) is 6.26 Å². The Kier molecular flexibility index (Phi) is 6.22. The smallest absolute Gasteiger partial charge is 0.316 e. The highest BCUT2D eigenvalue weighted by molar-refractivity contribution is 6.00. The normalized spacial score (nSPS) is 19.6. The average Bonchev–Trinajstić information content (AvgIpc) is 2.87. The number of benzene rings is 2. The molecule has 0 saturated carbocycles. The molecule has 3 aromatic rings. The predicted octanol–water partition coefficient (Wildman–Crippen LogP) is 4.68. The molecule has 2 atom stereocenters. The van der Waals surface area contributed by atoms with E-state index in [1.807, 2.05) is 25.1 Å². The number of carbonyl (C=O) groups is 2. The Hall–Kier alpha value is -4.13. The number of Topliss-reactive ketones (excluding diaryl/α,β-unsaturated/α-hetero) is 1. The van der Waals surface area contributed by atoms with E-state index in [0.29, 0.717) is 52.9 Å². The highest BCUT2D eigenvalue weighted by atomic mass is 16.5. The number of nitrogens with one attached hydrogen (secondary N) is 1.